The highest BCUT2D eigenvalue weighted by Crippen LogP contribution is 2.27. The van der Waals surface area contributed by atoms with Crippen LogP contribution in [-0.2, 0) is 6.61 Å². The molecule has 0 saturated carbocycles. The molecule has 0 N–H and O–H groups in total. The summed E-state index contributed by atoms with van der Waals surface area (Å²) in [5.41, 5.74) is 2.97. The van der Waals surface area contributed by atoms with Gasteiger partial charge in [0.1, 0.15) is 18.2 Å². The fourth-order valence-corrected chi connectivity index (χ4v) is 2.13. The van der Waals surface area contributed by atoms with Crippen molar-refractivity contribution >= 4 is 27.5 Å². The second-order valence-corrected chi connectivity index (χ2v) is 5.61. The molecule has 0 atom stereocenters. The summed E-state index contributed by atoms with van der Waals surface area (Å²) >= 11 is 9.14. The normalized spacial score (nSPS) is 10.6. The molecule has 0 aromatic heterocycles. The fraction of sp³-hybridized carbons (Fsp3) is 0.200. The molecule has 19 heavy (non-hydrogen) atoms. The molecular weight excluding hydrogens is 331 g/mol. The Morgan fingerprint density at radius 2 is 1.79 bits per heavy atom. The van der Waals surface area contributed by atoms with Crippen LogP contribution in [0.3, 0.4) is 0 Å². The van der Waals surface area contributed by atoms with Crippen molar-refractivity contribution in [1.82, 2.24) is 0 Å². The Morgan fingerprint density at radius 3 is 2.37 bits per heavy atom. The summed E-state index contributed by atoms with van der Waals surface area (Å²) in [6.45, 7) is 4.33. The van der Waals surface area contributed by atoms with Gasteiger partial charge in [0, 0.05) is 4.47 Å². The van der Waals surface area contributed by atoms with E-state index >= 15 is 0 Å². The van der Waals surface area contributed by atoms with Crippen LogP contribution in [0.5, 0.6) is 5.75 Å². The van der Waals surface area contributed by atoms with Crippen LogP contribution in [-0.4, -0.2) is 0 Å². The Labute approximate surface area is 125 Å². The smallest absolute Gasteiger partial charge is 0.142 e. The Kier molecular flexibility index (Phi) is 4.48. The van der Waals surface area contributed by atoms with Gasteiger partial charge in [0.15, 0.2) is 0 Å². The zero-order valence-corrected chi connectivity index (χ0v) is 13.0. The summed E-state index contributed by atoms with van der Waals surface area (Å²) in [5, 5.41) is 0.124. The van der Waals surface area contributed by atoms with Gasteiger partial charge in [-0.25, -0.2) is 4.39 Å². The van der Waals surface area contributed by atoms with Gasteiger partial charge in [-0.15, -0.1) is 0 Å². The molecule has 0 aliphatic rings. The lowest BCUT2D eigenvalue weighted by atomic mass is 10.1. The lowest BCUT2D eigenvalue weighted by Crippen LogP contribution is -1.97. The first-order valence-corrected chi connectivity index (χ1v) is 6.98. The zero-order chi connectivity index (χ0) is 14.0. The predicted molar refractivity (Wildman–Crippen MR) is 79.4 cm³/mol. The molecule has 0 spiro atoms. The molecule has 2 aromatic carbocycles. The highest BCUT2D eigenvalue weighted by atomic mass is 79.9. The van der Waals surface area contributed by atoms with Crippen molar-refractivity contribution in [2.24, 2.45) is 0 Å². The van der Waals surface area contributed by atoms with Crippen LogP contribution in [0.1, 0.15) is 16.7 Å². The lowest BCUT2D eigenvalue weighted by molar-refractivity contribution is 0.305. The molecule has 0 unspecified atom stereocenters. The second kappa shape index (κ2) is 5.93. The SMILES string of the molecule is Cc1cc(OCc2ccc(Cl)c(F)c2)cc(C)c1Br. The third kappa shape index (κ3) is 3.48. The van der Waals surface area contributed by atoms with Crippen molar-refractivity contribution in [2.75, 3.05) is 0 Å². The number of hydrogen-bond donors (Lipinski definition) is 0. The summed E-state index contributed by atoms with van der Waals surface area (Å²) in [7, 11) is 0. The molecule has 1 nitrogen and oxygen atoms in total. The van der Waals surface area contributed by atoms with Gasteiger partial charge < -0.3 is 4.74 Å². The highest BCUT2D eigenvalue weighted by Gasteiger charge is 2.05. The van der Waals surface area contributed by atoms with Crippen molar-refractivity contribution in [3.05, 3.63) is 62.3 Å². The summed E-state index contributed by atoms with van der Waals surface area (Å²) in [5.74, 6) is 0.347. The van der Waals surface area contributed by atoms with E-state index in [4.69, 9.17) is 16.3 Å². The average Bonchev–Trinajstić information content (AvgIpc) is 2.37. The summed E-state index contributed by atoms with van der Waals surface area (Å²) in [6.07, 6.45) is 0. The Hall–Kier alpha value is -1.06. The maximum Gasteiger partial charge on any atom is 0.142 e. The molecule has 0 heterocycles. The number of aryl methyl sites for hydroxylation is 2. The first-order chi connectivity index (χ1) is 8.97. The molecule has 0 aliphatic heterocycles. The molecule has 4 heteroatoms. The molecule has 100 valence electrons. The largest absolute Gasteiger partial charge is 0.489 e. The van der Waals surface area contributed by atoms with Crippen molar-refractivity contribution in [3.63, 3.8) is 0 Å². The van der Waals surface area contributed by atoms with E-state index in [0.29, 0.717) is 6.61 Å². The Morgan fingerprint density at radius 1 is 1.16 bits per heavy atom. The molecule has 0 aliphatic carbocycles. The van der Waals surface area contributed by atoms with Gasteiger partial charge in [-0.05, 0) is 54.8 Å². The number of halogens is 3. The summed E-state index contributed by atoms with van der Waals surface area (Å²) in [4.78, 5) is 0. The van der Waals surface area contributed by atoms with Crippen molar-refractivity contribution < 1.29 is 9.13 Å². The number of rotatable bonds is 3. The quantitative estimate of drug-likeness (QED) is 0.721. The minimum atomic E-state index is -0.425. The maximum absolute atomic E-state index is 13.3. The molecule has 0 bridgehead atoms. The molecule has 2 rings (SSSR count). The van der Waals surface area contributed by atoms with Gasteiger partial charge in [0.05, 0.1) is 5.02 Å². The summed E-state index contributed by atoms with van der Waals surface area (Å²) in [6, 6.07) is 8.57. The van der Waals surface area contributed by atoms with Gasteiger partial charge in [0.25, 0.3) is 0 Å². The van der Waals surface area contributed by atoms with Gasteiger partial charge >= 0.3 is 0 Å². The van der Waals surface area contributed by atoms with Crippen LogP contribution in [0.4, 0.5) is 4.39 Å². The lowest BCUT2D eigenvalue weighted by Gasteiger charge is -2.10. The van der Waals surface area contributed by atoms with Crippen LogP contribution >= 0.6 is 27.5 Å². The predicted octanol–water partition coefficient (Wildman–Crippen LogP) is 5.44. The van der Waals surface area contributed by atoms with E-state index in [1.165, 1.54) is 12.1 Å². The Bertz CT molecular complexity index is 590. The average molecular weight is 344 g/mol. The molecule has 0 saturated heterocycles. The van der Waals surface area contributed by atoms with E-state index < -0.39 is 5.82 Å². The van der Waals surface area contributed by atoms with Crippen molar-refractivity contribution in [1.29, 1.82) is 0 Å². The maximum atomic E-state index is 13.3. The monoisotopic (exact) mass is 342 g/mol. The van der Waals surface area contributed by atoms with E-state index in [0.717, 1.165) is 26.9 Å². The second-order valence-electron chi connectivity index (χ2n) is 4.41. The summed E-state index contributed by atoms with van der Waals surface area (Å²) < 4.78 is 20.0. The van der Waals surface area contributed by atoms with Crippen LogP contribution in [0.15, 0.2) is 34.8 Å². The first kappa shape index (κ1) is 14.4. The minimum Gasteiger partial charge on any atom is -0.489 e. The zero-order valence-electron chi connectivity index (χ0n) is 10.6. The number of ether oxygens (including phenoxy) is 1. The molecule has 0 radical (unpaired) electrons. The minimum absolute atomic E-state index is 0.124. The van der Waals surface area contributed by atoms with E-state index in [2.05, 4.69) is 15.9 Å². The van der Waals surface area contributed by atoms with Crippen LogP contribution in [0.25, 0.3) is 0 Å². The molecular formula is C15H13BrClFO. The highest BCUT2D eigenvalue weighted by molar-refractivity contribution is 9.10. The van der Waals surface area contributed by atoms with Gasteiger partial charge in [0.2, 0.25) is 0 Å². The Balaban J connectivity index is 2.12. The van der Waals surface area contributed by atoms with E-state index in [1.54, 1.807) is 6.07 Å². The van der Waals surface area contributed by atoms with Crippen LogP contribution < -0.4 is 4.74 Å². The first-order valence-electron chi connectivity index (χ1n) is 5.81. The molecule has 0 amide bonds. The standard InChI is InChI=1S/C15H13BrClFO/c1-9-5-12(6-10(2)15(9)16)19-8-11-3-4-13(17)14(18)7-11/h3-7H,8H2,1-2H3. The van der Waals surface area contributed by atoms with E-state index in [9.17, 15) is 4.39 Å². The van der Waals surface area contributed by atoms with Gasteiger partial charge in [-0.3, -0.25) is 0 Å². The molecule has 0 fully saturated rings. The number of hydrogen-bond acceptors (Lipinski definition) is 1. The third-order valence-corrected chi connectivity index (χ3v) is 4.36. The van der Waals surface area contributed by atoms with Crippen molar-refractivity contribution in [3.8, 4) is 5.75 Å². The van der Waals surface area contributed by atoms with Crippen LogP contribution in [0.2, 0.25) is 5.02 Å². The topological polar surface area (TPSA) is 9.23 Å². The fourth-order valence-electron chi connectivity index (χ4n) is 1.79. The van der Waals surface area contributed by atoms with E-state index in [-0.39, 0.29) is 5.02 Å². The van der Waals surface area contributed by atoms with Gasteiger partial charge in [-0.2, -0.15) is 0 Å². The third-order valence-electron chi connectivity index (χ3n) is 2.80. The van der Waals surface area contributed by atoms with Crippen molar-refractivity contribution in [2.45, 2.75) is 20.5 Å². The van der Waals surface area contributed by atoms with E-state index in [1.807, 2.05) is 26.0 Å². The van der Waals surface area contributed by atoms with Crippen LogP contribution in [0, 0.1) is 19.7 Å². The van der Waals surface area contributed by atoms with Gasteiger partial charge in [-0.1, -0.05) is 33.6 Å². The number of benzene rings is 2. The molecule has 2 aromatic rings.